The zero-order chi connectivity index (χ0) is 11.4. The van der Waals surface area contributed by atoms with Crippen LogP contribution in [0.25, 0.3) is 0 Å². The third-order valence-electron chi connectivity index (χ3n) is 2.26. The largest absolute Gasteiger partial charge is 0.302 e. The van der Waals surface area contributed by atoms with E-state index in [1.54, 1.807) is 6.07 Å². The number of nitrogens with zero attached hydrogens (tertiary/aromatic N) is 2. The topological polar surface area (TPSA) is 46.4 Å². The first kappa shape index (κ1) is 12.1. The highest BCUT2D eigenvalue weighted by atomic mass is 79.9. The molecule has 0 atom stereocenters. The van der Waals surface area contributed by atoms with Crippen LogP contribution in [0.3, 0.4) is 0 Å². The van der Waals surface area contributed by atoms with E-state index in [1.165, 1.54) is 6.07 Å². The molecule has 82 valence electrons. The Labute approximate surface area is 97.2 Å². The summed E-state index contributed by atoms with van der Waals surface area (Å²) in [4.78, 5) is 12.5. The maximum atomic E-state index is 10.8. The van der Waals surface area contributed by atoms with Crippen LogP contribution in [0.5, 0.6) is 0 Å². The van der Waals surface area contributed by atoms with E-state index in [4.69, 9.17) is 0 Å². The average molecular weight is 273 g/mol. The average Bonchev–Trinajstić information content (AvgIpc) is 2.20. The Kier molecular flexibility index (Phi) is 4.23. The fraction of sp³-hybridized carbons (Fsp3) is 0.400. The second-order valence-corrected chi connectivity index (χ2v) is 4.18. The minimum atomic E-state index is -0.344. The Morgan fingerprint density at radius 3 is 2.73 bits per heavy atom. The molecule has 1 aromatic carbocycles. The van der Waals surface area contributed by atoms with Gasteiger partial charge in [-0.3, -0.25) is 10.1 Å². The van der Waals surface area contributed by atoms with Gasteiger partial charge in [-0.1, -0.05) is 28.9 Å². The summed E-state index contributed by atoms with van der Waals surface area (Å²) in [6.45, 7) is 3.45. The predicted octanol–water partition coefficient (Wildman–Crippen LogP) is 2.81. The smallest absolute Gasteiger partial charge is 0.275 e. The van der Waals surface area contributed by atoms with Crippen LogP contribution in [0, 0.1) is 10.1 Å². The van der Waals surface area contributed by atoms with Crippen LogP contribution in [0.2, 0.25) is 0 Å². The number of nitro groups is 1. The highest BCUT2D eigenvalue weighted by Crippen LogP contribution is 2.27. The molecule has 1 aromatic rings. The highest BCUT2D eigenvalue weighted by molar-refractivity contribution is 9.10. The number of benzene rings is 1. The first-order chi connectivity index (χ1) is 7.06. The van der Waals surface area contributed by atoms with Crippen molar-refractivity contribution >= 4 is 21.6 Å². The van der Waals surface area contributed by atoms with Gasteiger partial charge in [-0.25, -0.2) is 0 Å². The monoisotopic (exact) mass is 272 g/mol. The fourth-order valence-corrected chi connectivity index (χ4v) is 1.74. The Hall–Kier alpha value is -0.940. The molecule has 0 heterocycles. The second kappa shape index (κ2) is 5.23. The van der Waals surface area contributed by atoms with Gasteiger partial charge >= 0.3 is 0 Å². The molecule has 0 saturated carbocycles. The third kappa shape index (κ3) is 3.00. The number of nitro benzene ring substituents is 1. The normalized spacial score (nSPS) is 10.7. The SMILES string of the molecule is CCN(C)Cc1c(Br)cccc1[N+](=O)[O-]. The van der Waals surface area contributed by atoms with E-state index < -0.39 is 0 Å². The summed E-state index contributed by atoms with van der Waals surface area (Å²) in [6.07, 6.45) is 0. The molecular weight excluding hydrogens is 260 g/mol. The van der Waals surface area contributed by atoms with Gasteiger partial charge in [-0.2, -0.15) is 0 Å². The van der Waals surface area contributed by atoms with E-state index in [0.29, 0.717) is 6.54 Å². The van der Waals surface area contributed by atoms with Crippen molar-refractivity contribution in [1.82, 2.24) is 4.90 Å². The Morgan fingerprint density at radius 1 is 1.53 bits per heavy atom. The van der Waals surface area contributed by atoms with Crippen molar-refractivity contribution in [1.29, 1.82) is 0 Å². The minimum absolute atomic E-state index is 0.171. The first-order valence-electron chi connectivity index (χ1n) is 4.66. The summed E-state index contributed by atoms with van der Waals surface area (Å²) in [5.74, 6) is 0. The molecule has 0 bridgehead atoms. The van der Waals surface area contributed by atoms with Crippen molar-refractivity contribution < 1.29 is 4.92 Å². The quantitative estimate of drug-likeness (QED) is 0.626. The van der Waals surface area contributed by atoms with Gasteiger partial charge in [-0.15, -0.1) is 0 Å². The first-order valence-corrected chi connectivity index (χ1v) is 5.46. The van der Waals surface area contributed by atoms with Crippen LogP contribution < -0.4 is 0 Å². The molecule has 0 N–H and O–H groups in total. The van der Waals surface area contributed by atoms with Gasteiger partial charge in [0.15, 0.2) is 0 Å². The summed E-state index contributed by atoms with van der Waals surface area (Å²) < 4.78 is 0.789. The molecule has 1 rings (SSSR count). The molecule has 15 heavy (non-hydrogen) atoms. The molecule has 0 saturated heterocycles. The molecule has 5 heteroatoms. The van der Waals surface area contributed by atoms with Crippen molar-refractivity contribution in [3.8, 4) is 0 Å². The number of rotatable bonds is 4. The highest BCUT2D eigenvalue weighted by Gasteiger charge is 2.16. The molecule has 0 aliphatic carbocycles. The lowest BCUT2D eigenvalue weighted by Crippen LogP contribution is -2.17. The maximum Gasteiger partial charge on any atom is 0.275 e. The van der Waals surface area contributed by atoms with E-state index >= 15 is 0 Å². The van der Waals surface area contributed by atoms with E-state index in [0.717, 1.165) is 16.6 Å². The number of hydrogen-bond acceptors (Lipinski definition) is 3. The van der Waals surface area contributed by atoms with Crippen LogP contribution in [0.4, 0.5) is 5.69 Å². The summed E-state index contributed by atoms with van der Waals surface area (Å²) in [6, 6.07) is 5.03. The van der Waals surface area contributed by atoms with Crippen LogP contribution >= 0.6 is 15.9 Å². The van der Waals surface area contributed by atoms with Crippen LogP contribution in [0.1, 0.15) is 12.5 Å². The van der Waals surface area contributed by atoms with Crippen molar-refractivity contribution in [2.75, 3.05) is 13.6 Å². The van der Waals surface area contributed by atoms with E-state index in [1.807, 2.05) is 24.9 Å². The maximum absolute atomic E-state index is 10.8. The summed E-state index contributed by atoms with van der Waals surface area (Å²) in [5.41, 5.74) is 0.900. The lowest BCUT2D eigenvalue weighted by Gasteiger charge is -2.14. The van der Waals surface area contributed by atoms with Crippen molar-refractivity contribution in [3.63, 3.8) is 0 Å². The van der Waals surface area contributed by atoms with Crippen molar-refractivity contribution in [2.45, 2.75) is 13.5 Å². The molecule has 0 spiro atoms. The second-order valence-electron chi connectivity index (χ2n) is 3.33. The van der Waals surface area contributed by atoms with Crippen LogP contribution in [0.15, 0.2) is 22.7 Å². The van der Waals surface area contributed by atoms with Gasteiger partial charge in [0.25, 0.3) is 5.69 Å². The third-order valence-corrected chi connectivity index (χ3v) is 3.00. The van der Waals surface area contributed by atoms with E-state index in [2.05, 4.69) is 15.9 Å². The molecule has 0 radical (unpaired) electrons. The Morgan fingerprint density at radius 2 is 2.20 bits per heavy atom. The van der Waals surface area contributed by atoms with Gasteiger partial charge in [-0.05, 0) is 19.7 Å². The molecule has 0 aliphatic heterocycles. The molecule has 0 fully saturated rings. The standard InChI is InChI=1S/C10H13BrN2O2/c1-3-12(2)7-8-9(11)5-4-6-10(8)13(14)15/h4-6H,3,7H2,1-2H3. The molecule has 0 unspecified atom stereocenters. The summed E-state index contributed by atoms with van der Waals surface area (Å²) in [5, 5.41) is 10.8. The van der Waals surface area contributed by atoms with E-state index in [9.17, 15) is 10.1 Å². The van der Waals surface area contributed by atoms with Gasteiger partial charge in [0.05, 0.1) is 10.5 Å². The molecule has 0 aliphatic rings. The zero-order valence-electron chi connectivity index (χ0n) is 8.74. The Balaban J connectivity index is 3.07. The molecule has 4 nitrogen and oxygen atoms in total. The lowest BCUT2D eigenvalue weighted by atomic mass is 10.1. The van der Waals surface area contributed by atoms with Gasteiger partial charge in [0, 0.05) is 17.1 Å². The number of hydrogen-bond donors (Lipinski definition) is 0. The van der Waals surface area contributed by atoms with Gasteiger partial charge < -0.3 is 4.90 Å². The predicted molar refractivity (Wildman–Crippen MR) is 62.8 cm³/mol. The van der Waals surface area contributed by atoms with Crippen molar-refractivity contribution in [2.24, 2.45) is 0 Å². The van der Waals surface area contributed by atoms with Gasteiger partial charge in [0.2, 0.25) is 0 Å². The molecule has 0 aromatic heterocycles. The van der Waals surface area contributed by atoms with Gasteiger partial charge in [0.1, 0.15) is 0 Å². The number of halogens is 1. The fourth-order valence-electron chi connectivity index (χ4n) is 1.26. The molecule has 0 amide bonds. The van der Waals surface area contributed by atoms with Crippen LogP contribution in [-0.2, 0) is 6.54 Å². The Bertz CT molecular complexity index is 368. The summed E-state index contributed by atoms with van der Waals surface area (Å²) in [7, 11) is 1.93. The van der Waals surface area contributed by atoms with Crippen molar-refractivity contribution in [3.05, 3.63) is 38.3 Å². The molecular formula is C10H13BrN2O2. The van der Waals surface area contributed by atoms with E-state index in [-0.39, 0.29) is 10.6 Å². The summed E-state index contributed by atoms with van der Waals surface area (Å²) >= 11 is 3.34. The minimum Gasteiger partial charge on any atom is -0.302 e. The lowest BCUT2D eigenvalue weighted by molar-refractivity contribution is -0.385. The van der Waals surface area contributed by atoms with Crippen LogP contribution in [-0.4, -0.2) is 23.4 Å². The zero-order valence-corrected chi connectivity index (χ0v) is 10.3.